The van der Waals surface area contributed by atoms with Crippen LogP contribution in [0.2, 0.25) is 0 Å². The van der Waals surface area contributed by atoms with Crippen LogP contribution in [0, 0.1) is 5.41 Å². The summed E-state index contributed by atoms with van der Waals surface area (Å²) in [7, 11) is 4.11. The molecule has 0 aromatic carbocycles. The van der Waals surface area contributed by atoms with Crippen molar-refractivity contribution in [3.8, 4) is 0 Å². The quantitative estimate of drug-likeness (QED) is 0.673. The zero-order valence-corrected chi connectivity index (χ0v) is 10.3. The number of nitrogens with one attached hydrogen (secondary N) is 1. The van der Waals surface area contributed by atoms with E-state index in [-0.39, 0.29) is 18.1 Å². The first-order chi connectivity index (χ1) is 6.35. The molecule has 0 spiro atoms. The van der Waals surface area contributed by atoms with Crippen molar-refractivity contribution in [2.75, 3.05) is 33.8 Å². The lowest BCUT2D eigenvalue weighted by Gasteiger charge is -2.26. The Morgan fingerprint density at radius 1 is 1.29 bits per heavy atom. The third-order valence-electron chi connectivity index (χ3n) is 2.07. The van der Waals surface area contributed by atoms with Crippen molar-refractivity contribution >= 4 is 0 Å². The minimum absolute atomic E-state index is 0.227. The molecule has 0 aromatic heterocycles. The Morgan fingerprint density at radius 3 is 2.21 bits per heavy atom. The molecular weight excluding hydrogens is 176 g/mol. The van der Waals surface area contributed by atoms with E-state index in [2.05, 4.69) is 45.1 Å². The number of aliphatic hydroxyl groups is 1. The van der Waals surface area contributed by atoms with E-state index in [1.54, 1.807) is 0 Å². The largest absolute Gasteiger partial charge is 0.395 e. The molecule has 86 valence electrons. The van der Waals surface area contributed by atoms with Crippen LogP contribution < -0.4 is 5.32 Å². The number of hydrogen-bond acceptors (Lipinski definition) is 3. The molecule has 0 bridgehead atoms. The Kier molecular flexibility index (Phi) is 6.33. The Bertz CT molecular complexity index is 141. The van der Waals surface area contributed by atoms with Gasteiger partial charge in [0.1, 0.15) is 0 Å². The van der Waals surface area contributed by atoms with Gasteiger partial charge >= 0.3 is 0 Å². The summed E-state index contributed by atoms with van der Waals surface area (Å²) in [6.45, 7) is 8.77. The fourth-order valence-electron chi connectivity index (χ4n) is 1.43. The zero-order valence-electron chi connectivity index (χ0n) is 10.3. The van der Waals surface area contributed by atoms with Gasteiger partial charge in [-0.25, -0.2) is 0 Å². The number of hydrogen-bond donors (Lipinski definition) is 2. The number of aliphatic hydroxyl groups excluding tert-OH is 1. The minimum atomic E-state index is 0.227. The molecule has 0 amide bonds. The van der Waals surface area contributed by atoms with Crippen molar-refractivity contribution in [3.63, 3.8) is 0 Å². The van der Waals surface area contributed by atoms with E-state index < -0.39 is 0 Å². The van der Waals surface area contributed by atoms with E-state index in [9.17, 15) is 5.11 Å². The summed E-state index contributed by atoms with van der Waals surface area (Å²) < 4.78 is 0. The molecule has 0 aromatic rings. The number of likely N-dealkylation sites (N-methyl/N-ethyl adjacent to an activating group) is 1. The molecule has 0 radical (unpaired) electrons. The highest BCUT2D eigenvalue weighted by atomic mass is 16.3. The summed E-state index contributed by atoms with van der Waals surface area (Å²) in [5, 5.41) is 12.5. The zero-order chi connectivity index (χ0) is 11.2. The second-order valence-electron chi connectivity index (χ2n) is 5.40. The van der Waals surface area contributed by atoms with Crippen molar-refractivity contribution in [1.29, 1.82) is 0 Å². The van der Waals surface area contributed by atoms with E-state index in [1.807, 2.05) is 0 Å². The van der Waals surface area contributed by atoms with Gasteiger partial charge in [0.25, 0.3) is 0 Å². The molecule has 2 N–H and O–H groups in total. The highest BCUT2D eigenvalue weighted by Gasteiger charge is 2.17. The summed E-state index contributed by atoms with van der Waals surface area (Å²) in [5.74, 6) is 0. The minimum Gasteiger partial charge on any atom is -0.395 e. The summed E-state index contributed by atoms with van der Waals surface area (Å²) in [6, 6.07) is 0.231. The van der Waals surface area contributed by atoms with Crippen LogP contribution in [0.15, 0.2) is 0 Å². The molecule has 1 unspecified atom stereocenters. The van der Waals surface area contributed by atoms with Crippen LogP contribution in [0.5, 0.6) is 0 Å². The van der Waals surface area contributed by atoms with Gasteiger partial charge in [-0.2, -0.15) is 0 Å². The van der Waals surface area contributed by atoms with Crippen LogP contribution in [0.3, 0.4) is 0 Å². The highest BCUT2D eigenvalue weighted by molar-refractivity contribution is 4.74. The molecule has 0 aliphatic rings. The van der Waals surface area contributed by atoms with Gasteiger partial charge in [-0.3, -0.25) is 0 Å². The fourth-order valence-corrected chi connectivity index (χ4v) is 1.43. The molecule has 0 saturated heterocycles. The predicted octanol–water partition coefficient (Wildman–Crippen LogP) is 0.935. The first-order valence-electron chi connectivity index (χ1n) is 5.34. The molecule has 14 heavy (non-hydrogen) atoms. The standard InChI is InChI=1S/C11H26N2O/c1-11(2,3)8-10(9-14)12-6-7-13(4)5/h10,12,14H,6-9H2,1-5H3. The number of rotatable bonds is 6. The Labute approximate surface area is 88.5 Å². The topological polar surface area (TPSA) is 35.5 Å². The molecule has 0 heterocycles. The fraction of sp³-hybridized carbons (Fsp3) is 1.00. The molecule has 0 saturated carbocycles. The smallest absolute Gasteiger partial charge is 0.0584 e. The second kappa shape index (κ2) is 6.38. The van der Waals surface area contributed by atoms with Crippen LogP contribution in [0.1, 0.15) is 27.2 Å². The lowest BCUT2D eigenvalue weighted by Crippen LogP contribution is -2.39. The third-order valence-corrected chi connectivity index (χ3v) is 2.07. The van der Waals surface area contributed by atoms with Crippen molar-refractivity contribution in [2.45, 2.75) is 33.2 Å². The second-order valence-corrected chi connectivity index (χ2v) is 5.40. The Hall–Kier alpha value is -0.120. The molecule has 0 aliphatic heterocycles. The van der Waals surface area contributed by atoms with Crippen molar-refractivity contribution in [2.24, 2.45) is 5.41 Å². The van der Waals surface area contributed by atoms with Crippen LogP contribution in [-0.4, -0.2) is 49.8 Å². The molecule has 0 rings (SSSR count). The first kappa shape index (κ1) is 13.9. The van der Waals surface area contributed by atoms with Gasteiger partial charge in [0.2, 0.25) is 0 Å². The van der Waals surface area contributed by atoms with Crippen LogP contribution in [0.4, 0.5) is 0 Å². The third kappa shape index (κ3) is 8.48. The van der Waals surface area contributed by atoms with Gasteiger partial charge in [0, 0.05) is 19.1 Å². The Balaban J connectivity index is 3.69. The average Bonchev–Trinajstić information content (AvgIpc) is 1.99. The SMILES string of the molecule is CN(C)CCNC(CO)CC(C)(C)C. The van der Waals surface area contributed by atoms with Gasteiger partial charge in [0.15, 0.2) is 0 Å². The van der Waals surface area contributed by atoms with E-state index in [1.165, 1.54) is 0 Å². The van der Waals surface area contributed by atoms with Crippen molar-refractivity contribution in [1.82, 2.24) is 10.2 Å². The van der Waals surface area contributed by atoms with Gasteiger partial charge in [-0.15, -0.1) is 0 Å². The lowest BCUT2D eigenvalue weighted by molar-refractivity contribution is 0.196. The molecule has 3 nitrogen and oxygen atoms in total. The molecule has 0 aliphatic carbocycles. The molecule has 1 atom stereocenters. The van der Waals surface area contributed by atoms with Crippen LogP contribution >= 0.6 is 0 Å². The molecule has 3 heteroatoms. The molecular formula is C11H26N2O. The number of nitrogens with zero attached hydrogens (tertiary/aromatic N) is 1. The maximum absolute atomic E-state index is 9.18. The summed E-state index contributed by atoms with van der Waals surface area (Å²) in [4.78, 5) is 2.14. The van der Waals surface area contributed by atoms with Gasteiger partial charge in [0.05, 0.1) is 6.61 Å². The monoisotopic (exact) mass is 202 g/mol. The van der Waals surface area contributed by atoms with Gasteiger partial charge < -0.3 is 15.3 Å². The lowest BCUT2D eigenvalue weighted by atomic mass is 9.88. The summed E-state index contributed by atoms with van der Waals surface area (Å²) >= 11 is 0. The summed E-state index contributed by atoms with van der Waals surface area (Å²) in [6.07, 6.45) is 1.01. The maximum Gasteiger partial charge on any atom is 0.0584 e. The van der Waals surface area contributed by atoms with Crippen LogP contribution in [-0.2, 0) is 0 Å². The Morgan fingerprint density at radius 2 is 1.86 bits per heavy atom. The van der Waals surface area contributed by atoms with E-state index in [4.69, 9.17) is 0 Å². The van der Waals surface area contributed by atoms with E-state index in [0.717, 1.165) is 19.5 Å². The normalized spacial score (nSPS) is 14.8. The molecule has 0 fully saturated rings. The van der Waals surface area contributed by atoms with Crippen molar-refractivity contribution in [3.05, 3.63) is 0 Å². The van der Waals surface area contributed by atoms with Crippen molar-refractivity contribution < 1.29 is 5.11 Å². The van der Waals surface area contributed by atoms with E-state index in [0.29, 0.717) is 0 Å². The van der Waals surface area contributed by atoms with Crippen LogP contribution in [0.25, 0.3) is 0 Å². The van der Waals surface area contributed by atoms with Gasteiger partial charge in [-0.1, -0.05) is 20.8 Å². The van der Waals surface area contributed by atoms with E-state index >= 15 is 0 Å². The summed E-state index contributed by atoms with van der Waals surface area (Å²) in [5.41, 5.74) is 0.276. The first-order valence-corrected chi connectivity index (χ1v) is 5.34. The average molecular weight is 202 g/mol. The van der Waals surface area contributed by atoms with Gasteiger partial charge in [-0.05, 0) is 25.9 Å². The maximum atomic E-state index is 9.18. The predicted molar refractivity (Wildman–Crippen MR) is 61.5 cm³/mol. The highest BCUT2D eigenvalue weighted by Crippen LogP contribution is 2.20.